The third kappa shape index (κ3) is 4.32. The monoisotopic (exact) mass is 276 g/mol. The van der Waals surface area contributed by atoms with Crippen LogP contribution in [0.1, 0.15) is 38.2 Å². The molecule has 2 atom stereocenters. The van der Waals surface area contributed by atoms with Crippen LogP contribution < -0.4 is 11.1 Å². The molecule has 1 aromatic rings. The number of hydrogen-bond acceptors (Lipinski definition) is 3. The molecule has 1 aliphatic carbocycles. The van der Waals surface area contributed by atoms with Crippen molar-refractivity contribution in [2.24, 2.45) is 11.7 Å². The van der Waals surface area contributed by atoms with E-state index in [1.165, 1.54) is 19.3 Å². The highest BCUT2D eigenvalue weighted by Crippen LogP contribution is 2.26. The first kappa shape index (κ1) is 15.0. The lowest BCUT2D eigenvalue weighted by Gasteiger charge is -2.28. The summed E-state index contributed by atoms with van der Waals surface area (Å²) in [5, 5.41) is 2.84. The van der Waals surface area contributed by atoms with E-state index in [4.69, 9.17) is 10.5 Å². The van der Waals surface area contributed by atoms with Gasteiger partial charge in [0.1, 0.15) is 6.61 Å². The fourth-order valence-corrected chi connectivity index (χ4v) is 2.63. The molecule has 2 unspecified atom stereocenters. The van der Waals surface area contributed by atoms with Gasteiger partial charge in [0.05, 0.1) is 6.10 Å². The van der Waals surface area contributed by atoms with Gasteiger partial charge in [-0.3, -0.25) is 4.79 Å². The molecule has 0 heterocycles. The molecular formula is C16H24N2O2. The molecule has 2 rings (SSSR count). The zero-order chi connectivity index (χ0) is 14.4. The first-order valence-corrected chi connectivity index (χ1v) is 7.39. The Bertz CT molecular complexity index is 431. The summed E-state index contributed by atoms with van der Waals surface area (Å²) in [7, 11) is 0. The lowest BCUT2D eigenvalue weighted by molar-refractivity contribution is -0.124. The van der Waals surface area contributed by atoms with Gasteiger partial charge in [-0.2, -0.15) is 0 Å². The number of nitrogens with one attached hydrogen (secondary N) is 1. The SMILES string of the molecule is CC1CCCCC1OCC(=O)Nc1ccc(CN)cc1. The van der Waals surface area contributed by atoms with Crippen LogP contribution in [0.15, 0.2) is 24.3 Å². The van der Waals surface area contributed by atoms with Gasteiger partial charge in [0, 0.05) is 12.2 Å². The summed E-state index contributed by atoms with van der Waals surface area (Å²) >= 11 is 0. The van der Waals surface area contributed by atoms with Crippen LogP contribution >= 0.6 is 0 Å². The van der Waals surface area contributed by atoms with Crippen molar-refractivity contribution in [1.29, 1.82) is 0 Å². The van der Waals surface area contributed by atoms with E-state index in [1.807, 2.05) is 24.3 Å². The van der Waals surface area contributed by atoms with Gasteiger partial charge in [0.25, 0.3) is 0 Å². The summed E-state index contributed by atoms with van der Waals surface area (Å²) in [6.07, 6.45) is 4.98. The van der Waals surface area contributed by atoms with Crippen molar-refractivity contribution in [1.82, 2.24) is 0 Å². The van der Waals surface area contributed by atoms with Gasteiger partial charge in [0.2, 0.25) is 5.91 Å². The summed E-state index contributed by atoms with van der Waals surface area (Å²) in [6, 6.07) is 7.56. The van der Waals surface area contributed by atoms with E-state index >= 15 is 0 Å². The van der Waals surface area contributed by atoms with Crippen LogP contribution in [0.2, 0.25) is 0 Å². The largest absolute Gasteiger partial charge is 0.368 e. The first-order chi connectivity index (χ1) is 9.69. The van der Waals surface area contributed by atoms with Gasteiger partial charge >= 0.3 is 0 Å². The Balaban J connectivity index is 1.76. The van der Waals surface area contributed by atoms with Crippen LogP contribution in [-0.4, -0.2) is 18.6 Å². The van der Waals surface area contributed by atoms with Gasteiger partial charge < -0.3 is 15.8 Å². The highest BCUT2D eigenvalue weighted by molar-refractivity contribution is 5.91. The fourth-order valence-electron chi connectivity index (χ4n) is 2.63. The quantitative estimate of drug-likeness (QED) is 0.869. The van der Waals surface area contributed by atoms with Crippen LogP contribution in [0.25, 0.3) is 0 Å². The molecule has 1 aromatic carbocycles. The molecule has 0 aromatic heterocycles. The minimum Gasteiger partial charge on any atom is -0.368 e. The van der Waals surface area contributed by atoms with Gasteiger partial charge in [-0.25, -0.2) is 0 Å². The summed E-state index contributed by atoms with van der Waals surface area (Å²) in [5.41, 5.74) is 7.37. The zero-order valence-corrected chi connectivity index (χ0v) is 12.1. The van der Waals surface area contributed by atoms with Crippen molar-refractivity contribution >= 4 is 11.6 Å². The van der Waals surface area contributed by atoms with Crippen LogP contribution in [-0.2, 0) is 16.1 Å². The number of ether oxygens (including phenoxy) is 1. The lowest BCUT2D eigenvalue weighted by Crippen LogP contribution is -2.29. The summed E-state index contributed by atoms with van der Waals surface area (Å²) in [4.78, 5) is 11.9. The molecule has 1 amide bonds. The van der Waals surface area contributed by atoms with E-state index in [0.29, 0.717) is 12.5 Å². The molecule has 1 fully saturated rings. The van der Waals surface area contributed by atoms with Crippen LogP contribution in [0, 0.1) is 5.92 Å². The average Bonchev–Trinajstić information content (AvgIpc) is 2.47. The Morgan fingerprint density at radius 2 is 2.00 bits per heavy atom. The average molecular weight is 276 g/mol. The standard InChI is InChI=1S/C16H24N2O2/c1-12-4-2-3-5-15(12)20-11-16(19)18-14-8-6-13(10-17)7-9-14/h6-9,12,15H,2-5,10-11,17H2,1H3,(H,18,19). The summed E-state index contributed by atoms with van der Waals surface area (Å²) in [6.45, 7) is 2.85. The Morgan fingerprint density at radius 3 is 2.65 bits per heavy atom. The molecule has 0 spiro atoms. The van der Waals surface area contributed by atoms with E-state index in [1.54, 1.807) is 0 Å². The Kier molecular flexibility index (Phi) is 5.56. The van der Waals surface area contributed by atoms with Crippen molar-refractivity contribution in [3.8, 4) is 0 Å². The van der Waals surface area contributed by atoms with Crippen molar-refractivity contribution in [2.75, 3.05) is 11.9 Å². The smallest absolute Gasteiger partial charge is 0.250 e. The number of amides is 1. The van der Waals surface area contributed by atoms with Crippen molar-refractivity contribution in [2.45, 2.75) is 45.3 Å². The Morgan fingerprint density at radius 1 is 1.30 bits per heavy atom. The van der Waals surface area contributed by atoms with E-state index in [-0.39, 0.29) is 18.6 Å². The number of carbonyl (C=O) groups excluding carboxylic acids is 1. The third-order valence-corrected chi connectivity index (χ3v) is 3.93. The molecule has 4 nitrogen and oxygen atoms in total. The minimum absolute atomic E-state index is 0.0942. The van der Waals surface area contributed by atoms with E-state index in [0.717, 1.165) is 17.7 Å². The first-order valence-electron chi connectivity index (χ1n) is 7.39. The highest BCUT2D eigenvalue weighted by atomic mass is 16.5. The lowest BCUT2D eigenvalue weighted by atomic mass is 9.88. The molecule has 3 N–H and O–H groups in total. The van der Waals surface area contributed by atoms with Gasteiger partial charge in [-0.15, -0.1) is 0 Å². The topological polar surface area (TPSA) is 64.3 Å². The van der Waals surface area contributed by atoms with Crippen molar-refractivity contribution in [3.63, 3.8) is 0 Å². The summed E-state index contributed by atoms with van der Waals surface area (Å²) < 4.78 is 5.74. The van der Waals surface area contributed by atoms with Crippen molar-refractivity contribution in [3.05, 3.63) is 29.8 Å². The maximum absolute atomic E-state index is 11.9. The second-order valence-electron chi connectivity index (χ2n) is 5.56. The Labute approximate surface area is 120 Å². The number of benzene rings is 1. The molecule has 110 valence electrons. The highest BCUT2D eigenvalue weighted by Gasteiger charge is 2.22. The van der Waals surface area contributed by atoms with Crippen molar-refractivity contribution < 1.29 is 9.53 Å². The van der Waals surface area contributed by atoms with E-state index < -0.39 is 0 Å². The third-order valence-electron chi connectivity index (χ3n) is 3.93. The van der Waals surface area contributed by atoms with E-state index in [9.17, 15) is 4.79 Å². The molecule has 0 aliphatic heterocycles. The molecule has 0 radical (unpaired) electrons. The maximum Gasteiger partial charge on any atom is 0.250 e. The number of hydrogen-bond donors (Lipinski definition) is 2. The molecule has 0 saturated heterocycles. The number of carbonyl (C=O) groups is 1. The predicted octanol–water partition coefficient (Wildman–Crippen LogP) is 2.68. The summed E-state index contributed by atoms with van der Waals surface area (Å²) in [5.74, 6) is 0.462. The molecule has 4 heteroatoms. The van der Waals surface area contributed by atoms with E-state index in [2.05, 4.69) is 12.2 Å². The normalized spacial score (nSPS) is 22.5. The maximum atomic E-state index is 11.9. The van der Waals surface area contributed by atoms with Crippen LogP contribution in [0.3, 0.4) is 0 Å². The number of anilines is 1. The number of nitrogens with two attached hydrogens (primary N) is 1. The van der Waals surface area contributed by atoms with Crippen LogP contribution in [0.5, 0.6) is 0 Å². The Hall–Kier alpha value is -1.39. The molecule has 1 saturated carbocycles. The second kappa shape index (κ2) is 7.41. The molecular weight excluding hydrogens is 252 g/mol. The fraction of sp³-hybridized carbons (Fsp3) is 0.562. The van der Waals surface area contributed by atoms with Crippen LogP contribution in [0.4, 0.5) is 5.69 Å². The molecule has 0 bridgehead atoms. The molecule has 20 heavy (non-hydrogen) atoms. The van der Waals surface area contributed by atoms with Gasteiger partial charge in [0.15, 0.2) is 0 Å². The number of rotatable bonds is 5. The minimum atomic E-state index is -0.0942. The van der Waals surface area contributed by atoms with Gasteiger partial charge in [-0.05, 0) is 36.5 Å². The zero-order valence-electron chi connectivity index (χ0n) is 12.1. The molecule has 1 aliphatic rings. The predicted molar refractivity (Wildman–Crippen MR) is 80.3 cm³/mol. The van der Waals surface area contributed by atoms with Gasteiger partial charge in [-0.1, -0.05) is 31.9 Å². The second-order valence-corrected chi connectivity index (χ2v) is 5.56.